The monoisotopic (exact) mass is 276 g/mol. The topological polar surface area (TPSA) is 37.6 Å². The van der Waals surface area contributed by atoms with Gasteiger partial charge in [-0.2, -0.15) is 0 Å². The lowest BCUT2D eigenvalue weighted by Gasteiger charge is -2.20. The molecule has 0 unspecified atom stereocenters. The van der Waals surface area contributed by atoms with Crippen molar-refractivity contribution in [1.29, 1.82) is 0 Å². The highest BCUT2D eigenvalue weighted by Gasteiger charge is 2.15. The van der Waals surface area contributed by atoms with Gasteiger partial charge in [0.25, 0.3) is 0 Å². The van der Waals surface area contributed by atoms with Crippen LogP contribution in [0.25, 0.3) is 11.0 Å². The van der Waals surface area contributed by atoms with Crippen LogP contribution in [0.1, 0.15) is 18.2 Å². The maximum atomic E-state index is 5.97. The zero-order chi connectivity index (χ0) is 14.4. The largest absolute Gasteiger partial charge is 0.459 e. The average molecular weight is 276 g/mol. The molecule has 2 rings (SSSR count). The summed E-state index contributed by atoms with van der Waals surface area (Å²) in [6.07, 6.45) is 0. The maximum absolute atomic E-state index is 5.97. The molecule has 0 radical (unpaired) electrons. The van der Waals surface area contributed by atoms with Crippen molar-refractivity contribution in [2.45, 2.75) is 20.0 Å². The standard InChI is InChI=1S/C16H24N2O2/c1-4-18(9-10-19-3)12-14-13-7-5-6-8-15(13)20-16(14)11-17-2/h5-8,17H,4,9-12H2,1-3H3. The van der Waals surface area contributed by atoms with E-state index in [1.54, 1.807) is 7.11 Å². The van der Waals surface area contributed by atoms with Crippen LogP contribution in [0.5, 0.6) is 0 Å². The summed E-state index contributed by atoms with van der Waals surface area (Å²) in [6.45, 7) is 6.52. The Bertz CT molecular complexity index is 536. The number of para-hydroxylation sites is 1. The summed E-state index contributed by atoms with van der Waals surface area (Å²) in [5.41, 5.74) is 2.25. The lowest BCUT2D eigenvalue weighted by atomic mass is 10.1. The van der Waals surface area contributed by atoms with Crippen LogP contribution >= 0.6 is 0 Å². The van der Waals surface area contributed by atoms with Gasteiger partial charge in [0, 0.05) is 31.1 Å². The third-order valence-corrected chi connectivity index (χ3v) is 3.56. The van der Waals surface area contributed by atoms with Crippen LogP contribution in [0.15, 0.2) is 28.7 Å². The number of furan rings is 1. The van der Waals surface area contributed by atoms with Crippen LogP contribution < -0.4 is 5.32 Å². The van der Waals surface area contributed by atoms with Crippen molar-refractivity contribution in [2.24, 2.45) is 0 Å². The molecule has 0 aliphatic heterocycles. The highest BCUT2D eigenvalue weighted by molar-refractivity contribution is 5.82. The highest BCUT2D eigenvalue weighted by Crippen LogP contribution is 2.27. The number of methoxy groups -OCH3 is 1. The summed E-state index contributed by atoms with van der Waals surface area (Å²) >= 11 is 0. The second-order valence-electron chi connectivity index (χ2n) is 4.89. The van der Waals surface area contributed by atoms with E-state index in [-0.39, 0.29) is 0 Å². The van der Waals surface area contributed by atoms with Crippen LogP contribution in [0.3, 0.4) is 0 Å². The minimum Gasteiger partial charge on any atom is -0.459 e. The molecule has 20 heavy (non-hydrogen) atoms. The van der Waals surface area contributed by atoms with E-state index in [0.717, 1.165) is 44.1 Å². The molecule has 4 heteroatoms. The molecule has 0 aliphatic rings. The van der Waals surface area contributed by atoms with Gasteiger partial charge in [0.15, 0.2) is 0 Å². The lowest BCUT2D eigenvalue weighted by Crippen LogP contribution is -2.27. The number of benzene rings is 1. The normalized spacial score (nSPS) is 11.6. The quantitative estimate of drug-likeness (QED) is 0.804. The van der Waals surface area contributed by atoms with Crippen LogP contribution in [0.2, 0.25) is 0 Å². The first-order chi connectivity index (χ1) is 9.80. The van der Waals surface area contributed by atoms with Crippen molar-refractivity contribution in [3.8, 4) is 0 Å². The average Bonchev–Trinajstić information content (AvgIpc) is 2.81. The molecule has 4 nitrogen and oxygen atoms in total. The number of fused-ring (bicyclic) bond motifs is 1. The predicted octanol–water partition coefficient (Wildman–Crippen LogP) is 2.62. The Morgan fingerprint density at radius 1 is 1.30 bits per heavy atom. The zero-order valence-corrected chi connectivity index (χ0v) is 12.6. The molecule has 0 atom stereocenters. The third kappa shape index (κ3) is 3.39. The summed E-state index contributed by atoms with van der Waals surface area (Å²) in [5.74, 6) is 1.03. The van der Waals surface area contributed by atoms with Gasteiger partial charge in [-0.05, 0) is 19.7 Å². The van der Waals surface area contributed by atoms with Crippen molar-refractivity contribution in [2.75, 3.05) is 33.9 Å². The molecule has 0 spiro atoms. The van der Waals surface area contributed by atoms with Crippen LogP contribution in [-0.2, 0) is 17.8 Å². The Morgan fingerprint density at radius 3 is 2.80 bits per heavy atom. The van der Waals surface area contributed by atoms with Crippen LogP contribution in [0.4, 0.5) is 0 Å². The molecule has 0 aliphatic carbocycles. The van der Waals surface area contributed by atoms with Crippen molar-refractivity contribution < 1.29 is 9.15 Å². The second kappa shape index (κ2) is 7.43. The van der Waals surface area contributed by atoms with E-state index in [9.17, 15) is 0 Å². The van der Waals surface area contributed by atoms with Crippen LogP contribution in [0, 0.1) is 0 Å². The van der Waals surface area contributed by atoms with Gasteiger partial charge in [0.1, 0.15) is 11.3 Å². The molecule has 0 saturated heterocycles. The molecule has 1 N–H and O–H groups in total. The van der Waals surface area contributed by atoms with E-state index in [2.05, 4.69) is 29.3 Å². The molecule has 1 aromatic heterocycles. The van der Waals surface area contributed by atoms with E-state index < -0.39 is 0 Å². The second-order valence-corrected chi connectivity index (χ2v) is 4.89. The Hall–Kier alpha value is -1.36. The maximum Gasteiger partial charge on any atom is 0.134 e. The van der Waals surface area contributed by atoms with Crippen molar-refractivity contribution in [1.82, 2.24) is 10.2 Å². The Morgan fingerprint density at radius 2 is 2.10 bits per heavy atom. The predicted molar refractivity (Wildman–Crippen MR) is 81.8 cm³/mol. The molecule has 0 bridgehead atoms. The molecular weight excluding hydrogens is 252 g/mol. The molecule has 0 saturated carbocycles. The number of likely N-dealkylation sites (N-methyl/N-ethyl adjacent to an activating group) is 1. The first-order valence-corrected chi connectivity index (χ1v) is 7.15. The van der Waals surface area contributed by atoms with Gasteiger partial charge in [0.2, 0.25) is 0 Å². The fourth-order valence-electron chi connectivity index (χ4n) is 2.42. The first kappa shape index (κ1) is 15.0. The third-order valence-electron chi connectivity index (χ3n) is 3.56. The van der Waals surface area contributed by atoms with Gasteiger partial charge >= 0.3 is 0 Å². The summed E-state index contributed by atoms with van der Waals surface area (Å²) in [6, 6.07) is 8.25. The number of nitrogens with one attached hydrogen (secondary N) is 1. The minimum absolute atomic E-state index is 0.755. The molecule has 1 heterocycles. The lowest BCUT2D eigenvalue weighted by molar-refractivity contribution is 0.147. The fourth-order valence-corrected chi connectivity index (χ4v) is 2.42. The molecule has 110 valence electrons. The van der Waals surface area contributed by atoms with E-state index in [1.807, 2.05) is 19.2 Å². The summed E-state index contributed by atoms with van der Waals surface area (Å²) < 4.78 is 11.2. The summed E-state index contributed by atoms with van der Waals surface area (Å²) in [5, 5.41) is 4.40. The highest BCUT2D eigenvalue weighted by atomic mass is 16.5. The van der Waals surface area contributed by atoms with E-state index >= 15 is 0 Å². The molecule has 2 aromatic rings. The van der Waals surface area contributed by atoms with E-state index in [0.29, 0.717) is 0 Å². The van der Waals surface area contributed by atoms with Crippen molar-refractivity contribution >= 4 is 11.0 Å². The molecular formula is C16H24N2O2. The van der Waals surface area contributed by atoms with Gasteiger partial charge in [-0.1, -0.05) is 25.1 Å². The summed E-state index contributed by atoms with van der Waals surface area (Å²) in [4.78, 5) is 2.37. The number of ether oxygens (including phenoxy) is 1. The molecule has 0 amide bonds. The number of rotatable bonds is 8. The fraction of sp³-hybridized carbons (Fsp3) is 0.500. The molecule has 1 aromatic carbocycles. The van der Waals surface area contributed by atoms with Crippen LogP contribution in [-0.4, -0.2) is 38.8 Å². The smallest absolute Gasteiger partial charge is 0.134 e. The van der Waals surface area contributed by atoms with Gasteiger partial charge in [-0.3, -0.25) is 4.90 Å². The number of hydrogen-bond acceptors (Lipinski definition) is 4. The SMILES string of the molecule is CCN(CCOC)Cc1c(CNC)oc2ccccc12. The first-order valence-electron chi connectivity index (χ1n) is 7.15. The van der Waals surface area contributed by atoms with Crippen molar-refractivity contribution in [3.05, 3.63) is 35.6 Å². The Labute approximate surface area is 120 Å². The van der Waals surface area contributed by atoms with E-state index in [4.69, 9.17) is 9.15 Å². The Balaban J connectivity index is 2.27. The Kier molecular flexibility index (Phi) is 5.59. The molecule has 0 fully saturated rings. The van der Waals surface area contributed by atoms with E-state index in [1.165, 1.54) is 10.9 Å². The minimum atomic E-state index is 0.755. The van der Waals surface area contributed by atoms with Crippen molar-refractivity contribution in [3.63, 3.8) is 0 Å². The zero-order valence-electron chi connectivity index (χ0n) is 12.6. The van der Waals surface area contributed by atoms with Gasteiger partial charge in [-0.25, -0.2) is 0 Å². The summed E-state index contributed by atoms with van der Waals surface area (Å²) in [7, 11) is 3.69. The number of nitrogens with zero attached hydrogens (tertiary/aromatic N) is 1. The van der Waals surface area contributed by atoms with Gasteiger partial charge < -0.3 is 14.5 Å². The van der Waals surface area contributed by atoms with Gasteiger partial charge in [0.05, 0.1) is 13.2 Å². The van der Waals surface area contributed by atoms with Gasteiger partial charge in [-0.15, -0.1) is 0 Å². The number of hydrogen-bond donors (Lipinski definition) is 1.